The molecular weight excluding hydrogens is 444 g/mol. The number of hydrogen-bond donors (Lipinski definition) is 0. The number of Topliss-reactive ketones (excluding diaryl/α,β-unsaturated/α-hetero) is 1. The van der Waals surface area contributed by atoms with Gasteiger partial charge in [0, 0.05) is 42.9 Å². The minimum atomic E-state index is -0.129. The summed E-state index contributed by atoms with van der Waals surface area (Å²) in [5, 5.41) is 4.10. The molecule has 0 N–H and O–H groups in total. The van der Waals surface area contributed by atoms with E-state index < -0.39 is 0 Å². The van der Waals surface area contributed by atoms with Gasteiger partial charge < -0.3 is 13.8 Å². The van der Waals surface area contributed by atoms with Gasteiger partial charge in [-0.2, -0.15) is 4.98 Å². The van der Waals surface area contributed by atoms with E-state index in [0.717, 1.165) is 11.1 Å². The zero-order valence-electron chi connectivity index (χ0n) is 19.7. The molecule has 0 bridgehead atoms. The van der Waals surface area contributed by atoms with Crippen molar-refractivity contribution in [3.05, 3.63) is 83.4 Å². The Morgan fingerprint density at radius 2 is 1.57 bits per heavy atom. The highest BCUT2D eigenvalue weighted by atomic mass is 16.5. The highest BCUT2D eigenvalue weighted by molar-refractivity contribution is 5.94. The number of aromatic nitrogens is 2. The van der Waals surface area contributed by atoms with Crippen LogP contribution in [-0.2, 0) is 6.54 Å². The Morgan fingerprint density at radius 3 is 2.26 bits per heavy atom. The average Bonchev–Trinajstić information content (AvgIpc) is 3.55. The standard InChI is InChI=1S/C27H26N4O4/c1-18-3-5-22(6-4-18)26-28-25(35-29-26)17-30-13-15-31(16-14-30)27(33)24-12-11-23(34-24)21-9-7-20(8-10-21)19(2)32/h3-12H,13-17H2,1-2H3. The summed E-state index contributed by atoms with van der Waals surface area (Å²) >= 11 is 0. The van der Waals surface area contributed by atoms with Crippen molar-refractivity contribution in [1.82, 2.24) is 19.9 Å². The predicted molar refractivity (Wildman–Crippen MR) is 130 cm³/mol. The number of nitrogens with zero attached hydrogens (tertiary/aromatic N) is 4. The number of ketones is 1. The van der Waals surface area contributed by atoms with Crippen molar-refractivity contribution >= 4 is 11.7 Å². The Kier molecular flexibility index (Phi) is 6.29. The minimum absolute atomic E-state index is 0.0109. The zero-order chi connectivity index (χ0) is 24.4. The van der Waals surface area contributed by atoms with Gasteiger partial charge in [0.2, 0.25) is 11.7 Å². The summed E-state index contributed by atoms with van der Waals surface area (Å²) in [5.74, 6) is 1.93. The second-order valence-electron chi connectivity index (χ2n) is 8.74. The van der Waals surface area contributed by atoms with E-state index in [-0.39, 0.29) is 11.7 Å². The Bertz CT molecular complexity index is 1330. The van der Waals surface area contributed by atoms with Crippen LogP contribution >= 0.6 is 0 Å². The van der Waals surface area contributed by atoms with Gasteiger partial charge in [0.25, 0.3) is 5.91 Å². The Hall–Kier alpha value is -4.04. The minimum Gasteiger partial charge on any atom is -0.451 e. The molecule has 178 valence electrons. The van der Waals surface area contributed by atoms with Gasteiger partial charge in [0.1, 0.15) is 5.76 Å². The summed E-state index contributed by atoms with van der Waals surface area (Å²) in [6, 6.07) is 18.7. The van der Waals surface area contributed by atoms with E-state index in [0.29, 0.717) is 61.5 Å². The van der Waals surface area contributed by atoms with Gasteiger partial charge in [-0.3, -0.25) is 14.5 Å². The maximum atomic E-state index is 13.0. The van der Waals surface area contributed by atoms with Crippen LogP contribution in [-0.4, -0.2) is 57.8 Å². The van der Waals surface area contributed by atoms with Crippen molar-refractivity contribution in [2.24, 2.45) is 0 Å². The molecule has 8 nitrogen and oxygen atoms in total. The first-order valence-electron chi connectivity index (χ1n) is 11.6. The lowest BCUT2D eigenvalue weighted by molar-refractivity contribution is 0.0585. The lowest BCUT2D eigenvalue weighted by atomic mass is 10.1. The molecular formula is C27H26N4O4. The number of aryl methyl sites for hydroxylation is 1. The number of hydrogen-bond acceptors (Lipinski definition) is 7. The van der Waals surface area contributed by atoms with Gasteiger partial charge in [-0.05, 0) is 26.0 Å². The monoisotopic (exact) mass is 470 g/mol. The third-order valence-corrected chi connectivity index (χ3v) is 6.19. The molecule has 1 amide bonds. The van der Waals surface area contributed by atoms with E-state index in [1.165, 1.54) is 12.5 Å². The summed E-state index contributed by atoms with van der Waals surface area (Å²) in [6.07, 6.45) is 0. The Labute approximate surface area is 203 Å². The number of furan rings is 1. The fourth-order valence-corrected chi connectivity index (χ4v) is 4.07. The molecule has 0 atom stereocenters. The second-order valence-corrected chi connectivity index (χ2v) is 8.74. The van der Waals surface area contributed by atoms with Gasteiger partial charge in [-0.15, -0.1) is 0 Å². The summed E-state index contributed by atoms with van der Waals surface area (Å²) in [7, 11) is 0. The number of rotatable bonds is 6. The van der Waals surface area contributed by atoms with Crippen LogP contribution in [0.3, 0.4) is 0 Å². The molecule has 0 unspecified atom stereocenters. The molecule has 5 rings (SSSR count). The van der Waals surface area contributed by atoms with Crippen molar-refractivity contribution in [3.63, 3.8) is 0 Å². The molecule has 0 radical (unpaired) electrons. The average molecular weight is 471 g/mol. The fraction of sp³-hybridized carbons (Fsp3) is 0.259. The first kappa shape index (κ1) is 22.7. The highest BCUT2D eigenvalue weighted by Gasteiger charge is 2.25. The second kappa shape index (κ2) is 9.68. The number of carbonyl (C=O) groups is 2. The van der Waals surface area contributed by atoms with Crippen molar-refractivity contribution < 1.29 is 18.5 Å². The van der Waals surface area contributed by atoms with Crippen LogP contribution in [0.4, 0.5) is 0 Å². The maximum absolute atomic E-state index is 13.0. The quantitative estimate of drug-likeness (QED) is 0.384. The van der Waals surface area contributed by atoms with Crippen LogP contribution in [0.15, 0.2) is 69.6 Å². The van der Waals surface area contributed by atoms with E-state index in [9.17, 15) is 9.59 Å². The van der Waals surface area contributed by atoms with E-state index in [4.69, 9.17) is 8.94 Å². The molecule has 1 aliphatic rings. The van der Waals surface area contributed by atoms with Gasteiger partial charge in [-0.1, -0.05) is 59.3 Å². The smallest absolute Gasteiger partial charge is 0.289 e. The van der Waals surface area contributed by atoms with Crippen LogP contribution in [0.25, 0.3) is 22.7 Å². The summed E-state index contributed by atoms with van der Waals surface area (Å²) in [4.78, 5) is 32.9. The molecule has 1 fully saturated rings. The van der Waals surface area contributed by atoms with E-state index in [2.05, 4.69) is 15.0 Å². The zero-order valence-corrected chi connectivity index (χ0v) is 19.7. The lowest BCUT2D eigenvalue weighted by Crippen LogP contribution is -2.48. The van der Waals surface area contributed by atoms with Crippen molar-refractivity contribution in [2.45, 2.75) is 20.4 Å². The Balaban J connectivity index is 1.16. The molecule has 1 aliphatic heterocycles. The normalized spacial score (nSPS) is 14.3. The molecule has 8 heteroatoms. The third-order valence-electron chi connectivity index (χ3n) is 6.19. The van der Waals surface area contributed by atoms with Gasteiger partial charge in [0.05, 0.1) is 6.54 Å². The van der Waals surface area contributed by atoms with Crippen molar-refractivity contribution in [2.75, 3.05) is 26.2 Å². The third kappa shape index (κ3) is 5.07. The summed E-state index contributed by atoms with van der Waals surface area (Å²) in [5.41, 5.74) is 3.57. The Morgan fingerprint density at radius 1 is 0.886 bits per heavy atom. The summed E-state index contributed by atoms with van der Waals surface area (Å²) < 4.78 is 11.3. The first-order valence-corrected chi connectivity index (χ1v) is 11.6. The highest BCUT2D eigenvalue weighted by Crippen LogP contribution is 2.24. The number of benzene rings is 2. The number of carbonyl (C=O) groups excluding carboxylic acids is 2. The van der Waals surface area contributed by atoms with Crippen LogP contribution in [0.5, 0.6) is 0 Å². The van der Waals surface area contributed by atoms with Crippen molar-refractivity contribution in [1.29, 1.82) is 0 Å². The number of amides is 1. The molecule has 4 aromatic rings. The molecule has 1 saturated heterocycles. The van der Waals surface area contributed by atoms with Crippen LogP contribution < -0.4 is 0 Å². The van der Waals surface area contributed by atoms with Gasteiger partial charge >= 0.3 is 0 Å². The molecule has 2 aromatic heterocycles. The molecule has 2 aromatic carbocycles. The fourth-order valence-electron chi connectivity index (χ4n) is 4.07. The molecule has 0 aliphatic carbocycles. The van der Waals surface area contributed by atoms with Gasteiger partial charge in [-0.25, -0.2) is 0 Å². The lowest BCUT2D eigenvalue weighted by Gasteiger charge is -2.33. The topological polar surface area (TPSA) is 92.7 Å². The predicted octanol–water partition coefficient (Wildman–Crippen LogP) is 4.47. The SMILES string of the molecule is CC(=O)c1ccc(-c2ccc(C(=O)N3CCN(Cc4nc(-c5ccc(C)cc5)no4)CC3)o2)cc1. The van der Waals surface area contributed by atoms with Crippen LogP contribution in [0.2, 0.25) is 0 Å². The van der Waals surface area contributed by atoms with Crippen LogP contribution in [0, 0.1) is 6.92 Å². The van der Waals surface area contributed by atoms with Crippen molar-refractivity contribution in [3.8, 4) is 22.7 Å². The molecule has 3 heterocycles. The number of piperazine rings is 1. The molecule has 0 saturated carbocycles. The van der Waals surface area contributed by atoms with Gasteiger partial charge in [0.15, 0.2) is 11.5 Å². The maximum Gasteiger partial charge on any atom is 0.289 e. The molecule has 35 heavy (non-hydrogen) atoms. The summed E-state index contributed by atoms with van der Waals surface area (Å²) in [6.45, 7) is 6.69. The largest absolute Gasteiger partial charge is 0.451 e. The first-order chi connectivity index (χ1) is 17.0. The van der Waals surface area contributed by atoms with E-state index in [1.54, 1.807) is 29.2 Å². The van der Waals surface area contributed by atoms with E-state index in [1.807, 2.05) is 43.3 Å². The van der Waals surface area contributed by atoms with E-state index >= 15 is 0 Å². The molecule has 0 spiro atoms. The van der Waals surface area contributed by atoms with Crippen LogP contribution in [0.1, 0.15) is 39.3 Å².